The molecule has 0 aliphatic heterocycles. The Morgan fingerprint density at radius 2 is 2.00 bits per heavy atom. The first kappa shape index (κ1) is 14.3. The Labute approximate surface area is 101 Å². The zero-order chi connectivity index (χ0) is 13.9. The summed E-state index contributed by atoms with van der Waals surface area (Å²) in [5.41, 5.74) is 0. The third-order valence-corrected chi connectivity index (χ3v) is 2.76. The zero-order valence-electron chi connectivity index (χ0n) is 8.89. The quantitative estimate of drug-likeness (QED) is 0.815. The van der Waals surface area contributed by atoms with Crippen LogP contribution < -0.4 is 9.88 Å². The summed E-state index contributed by atoms with van der Waals surface area (Å²) in [5, 5.41) is 13.1. The number of aliphatic carboxylic acids is 1. The molecule has 0 aliphatic carbocycles. The molecule has 0 bridgehead atoms. The van der Waals surface area contributed by atoms with E-state index in [0.717, 1.165) is 0 Å². The maximum atomic E-state index is 13.3. The Morgan fingerprint density at radius 1 is 1.39 bits per heavy atom. The van der Waals surface area contributed by atoms with Gasteiger partial charge >= 0.3 is 5.97 Å². The standard InChI is InChI=1S/C9H9F2NO5S/c10-5-3-6(11)9(17-2-1-8(13)14)7(4-5)18(12,15)16/h3-4H,1-2H2,(H,13,14)(H2,12,15,16). The lowest BCUT2D eigenvalue weighted by molar-refractivity contribution is -0.137. The third-order valence-electron chi connectivity index (χ3n) is 1.84. The van der Waals surface area contributed by atoms with Gasteiger partial charge in [0.1, 0.15) is 10.7 Å². The largest absolute Gasteiger partial charge is 0.488 e. The molecule has 18 heavy (non-hydrogen) atoms. The van der Waals surface area contributed by atoms with Crippen molar-refractivity contribution in [3.8, 4) is 5.75 Å². The highest BCUT2D eigenvalue weighted by Crippen LogP contribution is 2.27. The lowest BCUT2D eigenvalue weighted by atomic mass is 10.3. The van der Waals surface area contributed by atoms with Crippen molar-refractivity contribution in [1.29, 1.82) is 0 Å². The lowest BCUT2D eigenvalue weighted by Crippen LogP contribution is -2.16. The van der Waals surface area contributed by atoms with Crippen LogP contribution in [0.15, 0.2) is 17.0 Å². The number of hydrogen-bond donors (Lipinski definition) is 2. The average molecular weight is 281 g/mol. The number of ether oxygens (including phenoxy) is 1. The normalized spacial score (nSPS) is 11.3. The molecular formula is C9H9F2NO5S. The maximum absolute atomic E-state index is 13.3. The molecule has 1 aromatic rings. The van der Waals surface area contributed by atoms with E-state index in [4.69, 9.17) is 10.2 Å². The molecular weight excluding hydrogens is 272 g/mol. The molecule has 1 rings (SSSR count). The van der Waals surface area contributed by atoms with Gasteiger partial charge in [0.15, 0.2) is 11.6 Å². The van der Waals surface area contributed by atoms with Gasteiger partial charge in [0, 0.05) is 6.07 Å². The summed E-state index contributed by atoms with van der Waals surface area (Å²) in [7, 11) is -4.38. The van der Waals surface area contributed by atoms with E-state index in [1.807, 2.05) is 0 Å². The number of benzene rings is 1. The van der Waals surface area contributed by atoms with E-state index < -0.39 is 51.3 Å². The molecule has 0 saturated heterocycles. The molecule has 6 nitrogen and oxygen atoms in total. The van der Waals surface area contributed by atoms with Crippen LogP contribution in [0.1, 0.15) is 6.42 Å². The topological polar surface area (TPSA) is 107 Å². The van der Waals surface area contributed by atoms with E-state index in [1.165, 1.54) is 0 Å². The number of halogens is 2. The number of carbonyl (C=O) groups is 1. The molecule has 9 heteroatoms. The number of sulfonamides is 1. The SMILES string of the molecule is NS(=O)(=O)c1cc(F)cc(F)c1OCCC(=O)O. The van der Waals surface area contributed by atoms with E-state index in [2.05, 4.69) is 4.74 Å². The van der Waals surface area contributed by atoms with E-state index in [9.17, 15) is 22.0 Å². The number of carboxylic acid groups (broad SMARTS) is 1. The average Bonchev–Trinajstić information content (AvgIpc) is 2.18. The van der Waals surface area contributed by atoms with Gasteiger partial charge in [-0.1, -0.05) is 0 Å². The van der Waals surface area contributed by atoms with Gasteiger partial charge in [-0.25, -0.2) is 22.3 Å². The monoisotopic (exact) mass is 281 g/mol. The van der Waals surface area contributed by atoms with Crippen molar-refractivity contribution in [3.63, 3.8) is 0 Å². The molecule has 0 aliphatic rings. The minimum absolute atomic E-state index is 0.408. The summed E-state index contributed by atoms with van der Waals surface area (Å²) in [6.07, 6.45) is -0.471. The van der Waals surface area contributed by atoms with E-state index in [1.54, 1.807) is 0 Å². The summed E-state index contributed by atoms with van der Waals surface area (Å²) < 4.78 is 53.1. The summed E-state index contributed by atoms with van der Waals surface area (Å²) in [6.45, 7) is -0.472. The molecule has 100 valence electrons. The number of rotatable bonds is 5. The van der Waals surface area contributed by atoms with Crippen LogP contribution in [-0.4, -0.2) is 26.1 Å². The van der Waals surface area contributed by atoms with Crippen LogP contribution in [0.5, 0.6) is 5.75 Å². The van der Waals surface area contributed by atoms with Gasteiger partial charge in [0.25, 0.3) is 0 Å². The van der Waals surface area contributed by atoms with Crippen LogP contribution in [0, 0.1) is 11.6 Å². The molecule has 0 fully saturated rings. The molecule has 0 unspecified atom stereocenters. The molecule has 0 saturated carbocycles. The second-order valence-corrected chi connectivity index (χ2v) is 4.78. The summed E-state index contributed by atoms with van der Waals surface area (Å²) >= 11 is 0. The fraction of sp³-hybridized carbons (Fsp3) is 0.222. The predicted molar refractivity (Wildman–Crippen MR) is 55.5 cm³/mol. The molecule has 0 heterocycles. The van der Waals surface area contributed by atoms with Gasteiger partial charge < -0.3 is 9.84 Å². The highest BCUT2D eigenvalue weighted by Gasteiger charge is 2.21. The van der Waals surface area contributed by atoms with Crippen molar-refractivity contribution in [2.24, 2.45) is 5.14 Å². The van der Waals surface area contributed by atoms with Gasteiger partial charge in [0.2, 0.25) is 10.0 Å². The minimum atomic E-state index is -4.38. The van der Waals surface area contributed by atoms with Crippen LogP contribution in [0.25, 0.3) is 0 Å². The summed E-state index contributed by atoms with van der Waals surface area (Å²) in [6, 6.07) is 0.902. The van der Waals surface area contributed by atoms with Gasteiger partial charge in [-0.2, -0.15) is 0 Å². The summed E-state index contributed by atoms with van der Waals surface area (Å²) in [5.74, 6) is -4.42. The number of hydrogen-bond acceptors (Lipinski definition) is 4. The van der Waals surface area contributed by atoms with Crippen molar-refractivity contribution in [3.05, 3.63) is 23.8 Å². The number of primary sulfonamides is 1. The van der Waals surface area contributed by atoms with E-state index >= 15 is 0 Å². The molecule has 0 radical (unpaired) electrons. The van der Waals surface area contributed by atoms with Crippen molar-refractivity contribution < 1.29 is 31.8 Å². The first-order chi connectivity index (χ1) is 8.21. The fourth-order valence-corrected chi connectivity index (χ4v) is 1.82. The third kappa shape index (κ3) is 3.64. The zero-order valence-corrected chi connectivity index (χ0v) is 9.71. The first-order valence-corrected chi connectivity index (χ1v) is 6.13. The van der Waals surface area contributed by atoms with Gasteiger partial charge in [0.05, 0.1) is 13.0 Å². The van der Waals surface area contributed by atoms with Crippen LogP contribution in [-0.2, 0) is 14.8 Å². The van der Waals surface area contributed by atoms with E-state index in [-0.39, 0.29) is 0 Å². The Bertz CT molecular complexity index is 573. The second-order valence-electron chi connectivity index (χ2n) is 3.25. The van der Waals surface area contributed by atoms with Gasteiger partial charge in [-0.05, 0) is 6.07 Å². The number of carboxylic acids is 1. The van der Waals surface area contributed by atoms with Crippen molar-refractivity contribution in [2.45, 2.75) is 11.3 Å². The van der Waals surface area contributed by atoms with Crippen molar-refractivity contribution >= 4 is 16.0 Å². The molecule has 1 aromatic carbocycles. The smallest absolute Gasteiger partial charge is 0.306 e. The minimum Gasteiger partial charge on any atom is -0.488 e. The molecule has 0 spiro atoms. The van der Waals surface area contributed by atoms with Crippen molar-refractivity contribution in [2.75, 3.05) is 6.61 Å². The predicted octanol–water partition coefficient (Wildman–Crippen LogP) is 0.466. The maximum Gasteiger partial charge on any atom is 0.306 e. The Hall–Kier alpha value is -1.74. The molecule has 0 atom stereocenters. The van der Waals surface area contributed by atoms with E-state index in [0.29, 0.717) is 12.1 Å². The van der Waals surface area contributed by atoms with Gasteiger partial charge in [-0.3, -0.25) is 4.79 Å². The Kier molecular flexibility index (Phi) is 4.19. The van der Waals surface area contributed by atoms with Gasteiger partial charge in [-0.15, -0.1) is 0 Å². The molecule has 0 amide bonds. The van der Waals surface area contributed by atoms with Crippen LogP contribution >= 0.6 is 0 Å². The Morgan fingerprint density at radius 3 is 2.50 bits per heavy atom. The van der Waals surface area contributed by atoms with Crippen molar-refractivity contribution in [1.82, 2.24) is 0 Å². The van der Waals surface area contributed by atoms with Crippen LogP contribution in [0.2, 0.25) is 0 Å². The summed E-state index contributed by atoms with van der Waals surface area (Å²) in [4.78, 5) is 9.36. The molecule has 0 aromatic heterocycles. The second kappa shape index (κ2) is 5.27. The van der Waals surface area contributed by atoms with Crippen LogP contribution in [0.4, 0.5) is 8.78 Å². The lowest BCUT2D eigenvalue weighted by Gasteiger charge is -2.10. The number of nitrogens with two attached hydrogens (primary N) is 1. The highest BCUT2D eigenvalue weighted by molar-refractivity contribution is 7.89. The fourth-order valence-electron chi connectivity index (χ4n) is 1.13. The Balaban J connectivity index is 3.13. The van der Waals surface area contributed by atoms with Crippen LogP contribution in [0.3, 0.4) is 0 Å². The first-order valence-electron chi connectivity index (χ1n) is 4.58. The molecule has 3 N–H and O–H groups in total. The highest BCUT2D eigenvalue weighted by atomic mass is 32.2.